The number of aryl methyl sites for hydroxylation is 1. The van der Waals surface area contributed by atoms with Crippen molar-refractivity contribution in [3.63, 3.8) is 0 Å². The molecule has 1 fully saturated rings. The summed E-state index contributed by atoms with van der Waals surface area (Å²) in [5, 5.41) is 0.556. The number of amides is 2. The molecule has 0 atom stereocenters. The number of hydrogen-bond acceptors (Lipinski definition) is 2. The molecule has 0 radical (unpaired) electrons. The van der Waals surface area contributed by atoms with E-state index in [9.17, 15) is 14.0 Å². The van der Waals surface area contributed by atoms with Crippen molar-refractivity contribution < 1.29 is 14.0 Å². The molecule has 0 aliphatic carbocycles. The Hall–Kier alpha value is -2.40. The zero-order chi connectivity index (χ0) is 17.3. The Morgan fingerprint density at radius 2 is 1.96 bits per heavy atom. The number of carbonyl (C=O) groups is 2. The summed E-state index contributed by atoms with van der Waals surface area (Å²) in [5.41, 5.74) is 1.51. The summed E-state index contributed by atoms with van der Waals surface area (Å²) in [7, 11) is 0. The second-order valence-electron chi connectivity index (χ2n) is 5.72. The predicted molar refractivity (Wildman–Crippen MR) is 90.8 cm³/mol. The van der Waals surface area contributed by atoms with Gasteiger partial charge in [0.2, 0.25) is 5.91 Å². The lowest BCUT2D eigenvalue weighted by atomic mass is 10.1. The molecule has 0 bridgehead atoms. The van der Waals surface area contributed by atoms with Crippen LogP contribution < -0.4 is 4.90 Å². The average Bonchev–Trinajstić information content (AvgIpc) is 2.56. The van der Waals surface area contributed by atoms with E-state index in [1.54, 1.807) is 30.0 Å². The van der Waals surface area contributed by atoms with Gasteiger partial charge in [0.25, 0.3) is 5.91 Å². The van der Waals surface area contributed by atoms with Crippen molar-refractivity contribution in [3.05, 3.63) is 64.4 Å². The Kier molecular flexibility index (Phi) is 4.53. The fourth-order valence-corrected chi connectivity index (χ4v) is 2.91. The highest BCUT2D eigenvalue weighted by Gasteiger charge is 2.28. The highest BCUT2D eigenvalue weighted by molar-refractivity contribution is 6.30. The number of benzene rings is 2. The lowest BCUT2D eigenvalue weighted by molar-refractivity contribution is -0.120. The van der Waals surface area contributed by atoms with Crippen LogP contribution in [0.4, 0.5) is 10.1 Å². The van der Waals surface area contributed by atoms with Crippen LogP contribution in [0.15, 0.2) is 42.5 Å². The summed E-state index contributed by atoms with van der Waals surface area (Å²) in [4.78, 5) is 28.0. The molecular formula is C18H16ClFN2O2. The van der Waals surface area contributed by atoms with Gasteiger partial charge in [0.15, 0.2) is 0 Å². The predicted octanol–water partition coefficient (Wildman–Crippen LogP) is 3.28. The maximum atomic E-state index is 13.3. The summed E-state index contributed by atoms with van der Waals surface area (Å²) in [6.45, 7) is 2.40. The van der Waals surface area contributed by atoms with E-state index in [0.29, 0.717) is 29.2 Å². The van der Waals surface area contributed by atoms with E-state index in [0.717, 1.165) is 5.69 Å². The molecule has 2 amide bonds. The first kappa shape index (κ1) is 16.5. The SMILES string of the molecule is Cc1cc(C(=O)N2CCN(c3cccc(Cl)c3)C(=O)C2)ccc1F. The van der Waals surface area contributed by atoms with Crippen LogP contribution in [-0.4, -0.2) is 36.3 Å². The van der Waals surface area contributed by atoms with Crippen LogP contribution in [0.2, 0.25) is 5.02 Å². The first-order chi connectivity index (χ1) is 11.5. The molecule has 2 aromatic rings. The molecule has 24 heavy (non-hydrogen) atoms. The average molecular weight is 347 g/mol. The van der Waals surface area contributed by atoms with Gasteiger partial charge < -0.3 is 9.80 Å². The van der Waals surface area contributed by atoms with Crippen LogP contribution in [0.25, 0.3) is 0 Å². The fraction of sp³-hybridized carbons (Fsp3) is 0.222. The molecule has 124 valence electrons. The van der Waals surface area contributed by atoms with Gasteiger partial charge in [-0.15, -0.1) is 0 Å². The van der Waals surface area contributed by atoms with Crippen LogP contribution in [-0.2, 0) is 4.79 Å². The minimum absolute atomic E-state index is 0.0121. The number of carbonyl (C=O) groups excluding carboxylic acids is 2. The van der Waals surface area contributed by atoms with Crippen LogP contribution in [0.1, 0.15) is 15.9 Å². The lowest BCUT2D eigenvalue weighted by Gasteiger charge is -2.34. The van der Waals surface area contributed by atoms with Crippen LogP contribution >= 0.6 is 11.6 Å². The van der Waals surface area contributed by atoms with Crippen molar-refractivity contribution in [3.8, 4) is 0 Å². The standard InChI is InChI=1S/C18H16ClFN2O2/c1-12-9-13(5-6-16(12)20)18(24)21-7-8-22(17(23)11-21)15-4-2-3-14(19)10-15/h2-6,9-10H,7-8,11H2,1H3. The molecule has 0 aromatic heterocycles. The third-order valence-corrected chi connectivity index (χ3v) is 4.27. The maximum absolute atomic E-state index is 13.3. The van der Waals surface area contributed by atoms with Crippen molar-refractivity contribution in [2.45, 2.75) is 6.92 Å². The Labute approximate surface area is 144 Å². The molecule has 4 nitrogen and oxygen atoms in total. The maximum Gasteiger partial charge on any atom is 0.254 e. The summed E-state index contributed by atoms with van der Waals surface area (Å²) in [5.74, 6) is -0.790. The number of piperazine rings is 1. The van der Waals surface area contributed by atoms with Crippen molar-refractivity contribution in [1.82, 2.24) is 4.90 Å². The highest BCUT2D eigenvalue weighted by Crippen LogP contribution is 2.22. The molecule has 0 spiro atoms. The number of nitrogens with zero attached hydrogens (tertiary/aromatic N) is 2. The number of rotatable bonds is 2. The molecule has 0 N–H and O–H groups in total. The van der Waals surface area contributed by atoms with E-state index in [-0.39, 0.29) is 24.2 Å². The number of anilines is 1. The topological polar surface area (TPSA) is 40.6 Å². The summed E-state index contributed by atoms with van der Waals surface area (Å²) < 4.78 is 13.3. The molecule has 1 saturated heterocycles. The monoisotopic (exact) mass is 346 g/mol. The number of halogens is 2. The van der Waals surface area contributed by atoms with Crippen molar-refractivity contribution in [1.29, 1.82) is 0 Å². The molecule has 0 unspecified atom stereocenters. The Morgan fingerprint density at radius 3 is 2.62 bits per heavy atom. The molecule has 3 rings (SSSR count). The molecular weight excluding hydrogens is 331 g/mol. The third kappa shape index (κ3) is 3.26. The molecule has 1 aliphatic heterocycles. The largest absolute Gasteiger partial charge is 0.328 e. The fourth-order valence-electron chi connectivity index (χ4n) is 2.72. The van der Waals surface area contributed by atoms with E-state index in [1.165, 1.54) is 23.1 Å². The smallest absolute Gasteiger partial charge is 0.254 e. The Balaban J connectivity index is 1.74. The summed E-state index contributed by atoms with van der Waals surface area (Å²) in [6, 6.07) is 11.3. The molecule has 1 aliphatic rings. The summed E-state index contributed by atoms with van der Waals surface area (Å²) >= 11 is 5.97. The van der Waals surface area contributed by atoms with E-state index >= 15 is 0 Å². The van der Waals surface area contributed by atoms with Crippen LogP contribution in [0.5, 0.6) is 0 Å². The van der Waals surface area contributed by atoms with Gasteiger partial charge in [-0.25, -0.2) is 4.39 Å². The van der Waals surface area contributed by atoms with Gasteiger partial charge in [-0.1, -0.05) is 17.7 Å². The van der Waals surface area contributed by atoms with Crippen LogP contribution in [0, 0.1) is 12.7 Å². The van der Waals surface area contributed by atoms with Gasteiger partial charge in [0, 0.05) is 29.4 Å². The van der Waals surface area contributed by atoms with Crippen LogP contribution in [0.3, 0.4) is 0 Å². The normalized spacial score (nSPS) is 14.9. The van der Waals surface area contributed by atoms with Gasteiger partial charge in [-0.3, -0.25) is 9.59 Å². The van der Waals surface area contributed by atoms with Crippen molar-refractivity contribution in [2.75, 3.05) is 24.5 Å². The van der Waals surface area contributed by atoms with Gasteiger partial charge in [0.1, 0.15) is 12.4 Å². The van der Waals surface area contributed by atoms with Gasteiger partial charge in [-0.05, 0) is 48.9 Å². The first-order valence-electron chi connectivity index (χ1n) is 7.57. The van der Waals surface area contributed by atoms with Gasteiger partial charge in [-0.2, -0.15) is 0 Å². The third-order valence-electron chi connectivity index (χ3n) is 4.03. The zero-order valence-corrected chi connectivity index (χ0v) is 13.9. The van der Waals surface area contributed by atoms with E-state index in [1.807, 2.05) is 6.07 Å². The highest BCUT2D eigenvalue weighted by atomic mass is 35.5. The molecule has 1 heterocycles. The molecule has 0 saturated carbocycles. The minimum atomic E-state index is -0.353. The second kappa shape index (κ2) is 6.61. The minimum Gasteiger partial charge on any atom is -0.328 e. The molecule has 6 heteroatoms. The van der Waals surface area contributed by atoms with Crippen molar-refractivity contribution in [2.24, 2.45) is 0 Å². The van der Waals surface area contributed by atoms with Crippen molar-refractivity contribution >= 4 is 29.1 Å². The van der Waals surface area contributed by atoms with E-state index < -0.39 is 0 Å². The Bertz CT molecular complexity index is 809. The first-order valence-corrected chi connectivity index (χ1v) is 7.95. The quantitative estimate of drug-likeness (QED) is 0.837. The zero-order valence-electron chi connectivity index (χ0n) is 13.1. The number of hydrogen-bond donors (Lipinski definition) is 0. The van der Waals surface area contributed by atoms with E-state index in [4.69, 9.17) is 11.6 Å². The van der Waals surface area contributed by atoms with Gasteiger partial charge in [0.05, 0.1) is 0 Å². The van der Waals surface area contributed by atoms with E-state index in [2.05, 4.69) is 0 Å². The molecule has 2 aromatic carbocycles. The lowest BCUT2D eigenvalue weighted by Crippen LogP contribution is -2.52. The Morgan fingerprint density at radius 1 is 1.17 bits per heavy atom. The second-order valence-corrected chi connectivity index (χ2v) is 6.15. The van der Waals surface area contributed by atoms with Gasteiger partial charge >= 0.3 is 0 Å². The summed E-state index contributed by atoms with van der Waals surface area (Å²) in [6.07, 6.45) is 0.